The summed E-state index contributed by atoms with van der Waals surface area (Å²) >= 11 is 0. The molecule has 0 bridgehead atoms. The van der Waals surface area contributed by atoms with Crippen molar-refractivity contribution in [3.63, 3.8) is 0 Å². The van der Waals surface area contributed by atoms with Crippen molar-refractivity contribution >= 4 is 17.3 Å². The van der Waals surface area contributed by atoms with Crippen molar-refractivity contribution in [1.29, 1.82) is 5.26 Å². The largest absolute Gasteiger partial charge is 0.395 e. The highest BCUT2D eigenvalue weighted by Crippen LogP contribution is 2.41. The van der Waals surface area contributed by atoms with Gasteiger partial charge in [-0.05, 0) is 42.5 Å². The third-order valence-corrected chi connectivity index (χ3v) is 7.15. The van der Waals surface area contributed by atoms with Crippen molar-refractivity contribution in [2.45, 2.75) is 45.6 Å². The first-order valence-corrected chi connectivity index (χ1v) is 12.8. The summed E-state index contributed by atoms with van der Waals surface area (Å²) in [7, 11) is 1.97. The van der Waals surface area contributed by atoms with Gasteiger partial charge in [0.2, 0.25) is 5.95 Å². The van der Waals surface area contributed by atoms with Crippen molar-refractivity contribution in [1.82, 2.24) is 29.3 Å². The van der Waals surface area contributed by atoms with Gasteiger partial charge in [-0.1, -0.05) is 20.8 Å². The highest BCUT2D eigenvalue weighted by molar-refractivity contribution is 5.76. The van der Waals surface area contributed by atoms with Gasteiger partial charge in [0.05, 0.1) is 59.7 Å². The Hall–Kier alpha value is -4.23. The van der Waals surface area contributed by atoms with Crippen molar-refractivity contribution < 1.29 is 5.11 Å². The number of hydrogen-bond donors (Lipinski definition) is 3. The van der Waals surface area contributed by atoms with Gasteiger partial charge in [-0.25, -0.2) is 15.0 Å². The number of aromatic nitrogens is 6. The predicted octanol–water partition coefficient (Wildman–Crippen LogP) is 4.00. The molecule has 1 aromatic carbocycles. The van der Waals surface area contributed by atoms with E-state index in [2.05, 4.69) is 40.5 Å². The summed E-state index contributed by atoms with van der Waals surface area (Å²) in [5.74, 6) is 1.01. The first kappa shape index (κ1) is 25.4. The van der Waals surface area contributed by atoms with E-state index < -0.39 is 5.41 Å². The highest BCUT2D eigenvalue weighted by Gasteiger charge is 2.36. The van der Waals surface area contributed by atoms with Crippen LogP contribution < -0.4 is 10.6 Å². The molecule has 1 aliphatic heterocycles. The van der Waals surface area contributed by atoms with Gasteiger partial charge in [0, 0.05) is 37.0 Å². The van der Waals surface area contributed by atoms with Crippen LogP contribution in [0, 0.1) is 17.2 Å². The molecule has 1 atom stereocenters. The molecule has 0 spiro atoms. The van der Waals surface area contributed by atoms with Crippen LogP contribution in [0.4, 0.5) is 17.3 Å². The first-order chi connectivity index (χ1) is 18.3. The Morgan fingerprint density at radius 3 is 2.87 bits per heavy atom. The molecule has 10 heteroatoms. The second-order valence-electron chi connectivity index (χ2n) is 10.6. The van der Waals surface area contributed by atoms with Crippen LogP contribution in [0.3, 0.4) is 0 Å². The summed E-state index contributed by atoms with van der Waals surface area (Å²) in [6, 6.07) is 7.97. The number of aliphatic hydroxyl groups excluding tert-OH is 1. The Bertz CT molecular complexity index is 1500. The number of fused-ring (bicyclic) bond motifs is 1. The number of aryl methyl sites for hydroxylation is 2. The van der Waals surface area contributed by atoms with E-state index in [0.717, 1.165) is 46.7 Å². The number of rotatable bonds is 9. The first-order valence-electron chi connectivity index (χ1n) is 12.8. The Balaban J connectivity index is 1.46. The number of hydrogen-bond acceptors (Lipinski definition) is 8. The molecule has 10 nitrogen and oxygen atoms in total. The summed E-state index contributed by atoms with van der Waals surface area (Å²) in [5, 5.41) is 31.3. The molecule has 0 amide bonds. The van der Waals surface area contributed by atoms with Gasteiger partial charge in [0.15, 0.2) is 0 Å². The summed E-state index contributed by atoms with van der Waals surface area (Å²) in [6.07, 6.45) is 9.18. The van der Waals surface area contributed by atoms with E-state index in [1.165, 1.54) is 0 Å². The van der Waals surface area contributed by atoms with E-state index in [0.29, 0.717) is 36.2 Å². The number of benzene rings is 1. The molecule has 1 aliphatic rings. The van der Waals surface area contributed by atoms with Crippen LogP contribution in [0.1, 0.15) is 49.7 Å². The quantitative estimate of drug-likeness (QED) is 0.307. The van der Waals surface area contributed by atoms with E-state index in [1.54, 1.807) is 12.5 Å². The molecule has 196 valence electrons. The van der Waals surface area contributed by atoms with Gasteiger partial charge in [-0.15, -0.1) is 0 Å². The molecular formula is C28H33N9O. The van der Waals surface area contributed by atoms with Crippen LogP contribution in [0.2, 0.25) is 0 Å². The average Bonchev–Trinajstić information content (AvgIpc) is 3.60. The van der Waals surface area contributed by atoms with Crippen molar-refractivity contribution in [2.24, 2.45) is 13.0 Å². The van der Waals surface area contributed by atoms with E-state index in [9.17, 15) is 10.4 Å². The fourth-order valence-corrected chi connectivity index (χ4v) is 4.72. The van der Waals surface area contributed by atoms with Gasteiger partial charge < -0.3 is 20.3 Å². The normalized spacial score (nSPS) is 16.3. The third kappa shape index (κ3) is 4.97. The minimum atomic E-state index is -0.460. The lowest BCUT2D eigenvalue weighted by Gasteiger charge is -2.21. The van der Waals surface area contributed by atoms with E-state index in [1.807, 2.05) is 53.8 Å². The van der Waals surface area contributed by atoms with Gasteiger partial charge in [0.25, 0.3) is 0 Å². The molecule has 0 aliphatic carbocycles. The fourth-order valence-electron chi connectivity index (χ4n) is 4.72. The highest BCUT2D eigenvalue weighted by atomic mass is 16.3. The number of nitrogens with zero attached hydrogens (tertiary/aromatic N) is 7. The molecule has 0 saturated heterocycles. The lowest BCUT2D eigenvalue weighted by molar-refractivity contribution is 0.219. The zero-order valence-corrected chi connectivity index (χ0v) is 22.2. The van der Waals surface area contributed by atoms with Crippen LogP contribution in [0.25, 0.3) is 11.3 Å². The minimum absolute atomic E-state index is 0.0140. The predicted molar refractivity (Wildman–Crippen MR) is 146 cm³/mol. The molecule has 38 heavy (non-hydrogen) atoms. The van der Waals surface area contributed by atoms with Crippen molar-refractivity contribution in [3.8, 4) is 17.3 Å². The summed E-state index contributed by atoms with van der Waals surface area (Å²) in [4.78, 5) is 13.5. The zero-order chi connectivity index (χ0) is 26.9. The van der Waals surface area contributed by atoms with Crippen molar-refractivity contribution in [3.05, 3.63) is 65.6 Å². The third-order valence-electron chi connectivity index (χ3n) is 7.15. The van der Waals surface area contributed by atoms with E-state index in [-0.39, 0.29) is 6.61 Å². The van der Waals surface area contributed by atoms with Crippen LogP contribution in [-0.4, -0.2) is 47.6 Å². The maximum atomic E-state index is 10.0. The zero-order valence-electron chi connectivity index (χ0n) is 22.2. The molecular weight excluding hydrogens is 478 g/mol. The number of nitrogens with one attached hydrogen (secondary N) is 2. The molecule has 0 unspecified atom stereocenters. The molecule has 5 rings (SSSR count). The lowest BCUT2D eigenvalue weighted by atomic mass is 9.83. The molecule has 0 radical (unpaired) electrons. The molecule has 0 fully saturated rings. The van der Waals surface area contributed by atoms with E-state index in [4.69, 9.17) is 10.1 Å². The molecule has 3 N–H and O–H groups in total. The van der Waals surface area contributed by atoms with E-state index >= 15 is 0 Å². The topological polar surface area (TPSA) is 130 Å². The smallest absolute Gasteiger partial charge is 0.227 e. The Morgan fingerprint density at radius 2 is 2.16 bits per heavy atom. The molecule has 0 saturated carbocycles. The summed E-state index contributed by atoms with van der Waals surface area (Å²) in [6.45, 7) is 7.57. The molecule has 4 heterocycles. The summed E-state index contributed by atoms with van der Waals surface area (Å²) in [5.41, 5.74) is 6.18. The number of nitriles is 1. The van der Waals surface area contributed by atoms with Crippen LogP contribution in [0.15, 0.2) is 43.1 Å². The van der Waals surface area contributed by atoms with Crippen LogP contribution in [-0.2, 0) is 25.4 Å². The SMILES string of the molecule is CC(C)CCc1nn(Cc2cncn2C)cc1Nc1nccc(-c2cc(C#N)c3c(c2)[C@@](C)(CO)CN3)n1. The minimum Gasteiger partial charge on any atom is -0.395 e. The van der Waals surface area contributed by atoms with Crippen molar-refractivity contribution in [2.75, 3.05) is 23.8 Å². The lowest BCUT2D eigenvalue weighted by Crippen LogP contribution is -2.28. The Kier molecular flexibility index (Phi) is 6.87. The maximum absolute atomic E-state index is 10.0. The van der Waals surface area contributed by atoms with Crippen LogP contribution >= 0.6 is 0 Å². The Morgan fingerprint density at radius 1 is 1.32 bits per heavy atom. The number of anilines is 3. The standard InChI is InChI=1S/C28H33N9O/c1-18(2)5-6-24-25(14-37(35-24)13-21-12-30-17-36(21)4)34-27-31-8-7-23(33-27)19-9-20(11-29)26-22(10-19)28(3,16-38)15-32-26/h7-10,12,14,17-18,32,38H,5-6,13,15-16H2,1-4H3,(H,31,33,34)/t28-/m1/s1. The monoisotopic (exact) mass is 511 g/mol. The van der Waals surface area contributed by atoms with Gasteiger partial charge in [0.1, 0.15) is 6.07 Å². The van der Waals surface area contributed by atoms with Gasteiger partial charge in [-0.3, -0.25) is 4.68 Å². The van der Waals surface area contributed by atoms with Crippen LogP contribution in [0.5, 0.6) is 0 Å². The van der Waals surface area contributed by atoms with Gasteiger partial charge >= 0.3 is 0 Å². The second kappa shape index (κ2) is 10.3. The summed E-state index contributed by atoms with van der Waals surface area (Å²) < 4.78 is 3.90. The molecule has 4 aromatic rings. The number of imidazole rings is 1. The fraction of sp³-hybridized carbons (Fsp3) is 0.393. The van der Waals surface area contributed by atoms with Gasteiger partial charge in [-0.2, -0.15) is 10.4 Å². The molecule has 3 aromatic heterocycles. The average molecular weight is 512 g/mol. The Labute approximate surface area is 222 Å². The second-order valence-corrected chi connectivity index (χ2v) is 10.6. The maximum Gasteiger partial charge on any atom is 0.227 e. The number of aliphatic hydroxyl groups is 1.